The van der Waals surface area contributed by atoms with Gasteiger partial charge in [0.25, 0.3) is 0 Å². The Hall–Kier alpha value is -2.83. The molecule has 2 aromatic rings. The van der Waals surface area contributed by atoms with E-state index in [9.17, 15) is 4.79 Å². The normalized spacial score (nSPS) is 11.0. The molecule has 0 atom stereocenters. The fourth-order valence-electron chi connectivity index (χ4n) is 1.89. The molecular weight excluding hydrogens is 294 g/mol. The molecule has 23 heavy (non-hydrogen) atoms. The minimum Gasteiger partial charge on any atom is -0.465 e. The Kier molecular flexibility index (Phi) is 4.68. The van der Waals surface area contributed by atoms with Gasteiger partial charge in [-0.1, -0.05) is 0 Å². The Balaban J connectivity index is 2.20. The number of hydrogen-bond donors (Lipinski definition) is 3. The maximum atomic E-state index is 11.4. The molecule has 4 N–H and O–H groups in total. The first-order valence-corrected chi connectivity index (χ1v) is 7.14. The number of hydrogen-bond acceptors (Lipinski definition) is 7. The van der Waals surface area contributed by atoms with E-state index in [0.717, 1.165) is 5.69 Å². The summed E-state index contributed by atoms with van der Waals surface area (Å²) < 4.78 is 4.67. The van der Waals surface area contributed by atoms with Crippen LogP contribution in [0.15, 0.2) is 30.6 Å². The van der Waals surface area contributed by atoms with Crippen molar-refractivity contribution < 1.29 is 9.53 Å². The van der Waals surface area contributed by atoms with Crippen LogP contribution in [0.1, 0.15) is 31.1 Å². The summed E-state index contributed by atoms with van der Waals surface area (Å²) in [5, 5.41) is 6.34. The zero-order valence-electron chi connectivity index (χ0n) is 13.7. The molecule has 1 heterocycles. The number of nitrogens with zero attached hydrogens (tertiary/aromatic N) is 2. The minimum absolute atomic E-state index is 0.165. The third-order valence-electron chi connectivity index (χ3n) is 2.95. The van der Waals surface area contributed by atoms with Gasteiger partial charge in [-0.15, -0.1) is 0 Å². The van der Waals surface area contributed by atoms with Gasteiger partial charge in [0.15, 0.2) is 11.6 Å². The van der Waals surface area contributed by atoms with Crippen LogP contribution in [0.2, 0.25) is 0 Å². The molecule has 0 unspecified atom stereocenters. The van der Waals surface area contributed by atoms with Crippen molar-refractivity contribution in [3.63, 3.8) is 0 Å². The molecule has 0 fully saturated rings. The molecule has 0 aliphatic heterocycles. The maximum absolute atomic E-state index is 11.4. The van der Waals surface area contributed by atoms with E-state index in [-0.39, 0.29) is 11.5 Å². The highest BCUT2D eigenvalue weighted by atomic mass is 16.5. The summed E-state index contributed by atoms with van der Waals surface area (Å²) in [6, 6.07) is 6.84. The van der Waals surface area contributed by atoms with Gasteiger partial charge in [0.1, 0.15) is 12.0 Å². The van der Waals surface area contributed by atoms with Crippen LogP contribution < -0.4 is 16.4 Å². The molecule has 7 nitrogen and oxygen atoms in total. The van der Waals surface area contributed by atoms with Gasteiger partial charge in [0, 0.05) is 11.2 Å². The summed E-state index contributed by atoms with van der Waals surface area (Å²) in [6.07, 6.45) is 1.44. The number of ether oxygens (including phenoxy) is 1. The average molecular weight is 315 g/mol. The van der Waals surface area contributed by atoms with Crippen molar-refractivity contribution in [2.75, 3.05) is 23.5 Å². The van der Waals surface area contributed by atoms with Crippen molar-refractivity contribution in [3.8, 4) is 0 Å². The van der Waals surface area contributed by atoms with Crippen LogP contribution in [-0.2, 0) is 4.74 Å². The molecule has 0 bridgehead atoms. The zero-order chi connectivity index (χ0) is 17.0. The molecule has 7 heteroatoms. The van der Waals surface area contributed by atoms with Crippen molar-refractivity contribution in [2.45, 2.75) is 26.3 Å². The second kappa shape index (κ2) is 6.51. The Bertz CT molecular complexity index is 693. The molecule has 0 saturated carbocycles. The summed E-state index contributed by atoms with van der Waals surface area (Å²) in [4.78, 5) is 19.7. The lowest BCUT2D eigenvalue weighted by Crippen LogP contribution is -2.27. The SMILES string of the molecule is COC(=O)c1ccc(Nc2ncnc(NC(C)(C)C)c2N)cc1. The van der Waals surface area contributed by atoms with Gasteiger partial charge < -0.3 is 21.1 Å². The lowest BCUT2D eigenvalue weighted by molar-refractivity contribution is 0.0601. The number of nitrogens with one attached hydrogen (secondary N) is 2. The van der Waals surface area contributed by atoms with Gasteiger partial charge >= 0.3 is 5.97 Å². The summed E-state index contributed by atoms with van der Waals surface area (Å²) in [7, 11) is 1.35. The smallest absolute Gasteiger partial charge is 0.337 e. The minimum atomic E-state index is -0.380. The van der Waals surface area contributed by atoms with E-state index >= 15 is 0 Å². The molecule has 0 saturated heterocycles. The van der Waals surface area contributed by atoms with Crippen molar-refractivity contribution >= 4 is 29.0 Å². The Morgan fingerprint density at radius 1 is 1.13 bits per heavy atom. The van der Waals surface area contributed by atoms with E-state index in [2.05, 4.69) is 25.3 Å². The fraction of sp³-hybridized carbons (Fsp3) is 0.312. The van der Waals surface area contributed by atoms with E-state index in [1.165, 1.54) is 13.4 Å². The molecule has 0 radical (unpaired) electrons. The van der Waals surface area contributed by atoms with Crippen molar-refractivity contribution in [3.05, 3.63) is 36.2 Å². The van der Waals surface area contributed by atoms with E-state index in [1.807, 2.05) is 20.8 Å². The predicted octanol–water partition coefficient (Wildman–Crippen LogP) is 2.80. The predicted molar refractivity (Wildman–Crippen MR) is 90.9 cm³/mol. The van der Waals surface area contributed by atoms with Crippen molar-refractivity contribution in [1.82, 2.24) is 9.97 Å². The van der Waals surface area contributed by atoms with Crippen LogP contribution in [-0.4, -0.2) is 28.6 Å². The zero-order valence-corrected chi connectivity index (χ0v) is 13.7. The van der Waals surface area contributed by atoms with Gasteiger partial charge in [-0.25, -0.2) is 14.8 Å². The lowest BCUT2D eigenvalue weighted by Gasteiger charge is -2.22. The van der Waals surface area contributed by atoms with Crippen molar-refractivity contribution in [1.29, 1.82) is 0 Å². The number of nitrogen functional groups attached to an aromatic ring is 1. The number of esters is 1. The number of anilines is 4. The number of rotatable bonds is 4. The molecular formula is C16H21N5O2. The number of methoxy groups -OCH3 is 1. The quantitative estimate of drug-likeness (QED) is 0.745. The maximum Gasteiger partial charge on any atom is 0.337 e. The standard InChI is InChI=1S/C16H21N5O2/c1-16(2,3)21-14-12(17)13(18-9-19-14)20-11-7-5-10(6-8-11)15(22)23-4/h5-9H,17H2,1-4H3,(H2,18,19,20,21). The topological polar surface area (TPSA) is 102 Å². The number of benzene rings is 1. The van der Waals surface area contributed by atoms with Crippen LogP contribution in [0.25, 0.3) is 0 Å². The Morgan fingerprint density at radius 3 is 2.30 bits per heavy atom. The number of aromatic nitrogens is 2. The van der Waals surface area contributed by atoms with Gasteiger partial charge in [-0.05, 0) is 45.0 Å². The highest BCUT2D eigenvalue weighted by Gasteiger charge is 2.15. The number of carbonyl (C=O) groups excluding carboxylic acids is 1. The van der Waals surface area contributed by atoms with Crippen LogP contribution in [0.5, 0.6) is 0 Å². The molecule has 0 aliphatic rings. The van der Waals surface area contributed by atoms with Gasteiger partial charge in [-0.3, -0.25) is 0 Å². The lowest BCUT2D eigenvalue weighted by atomic mass is 10.1. The average Bonchev–Trinajstić information content (AvgIpc) is 2.50. The van der Waals surface area contributed by atoms with E-state index in [1.54, 1.807) is 24.3 Å². The number of nitrogens with two attached hydrogens (primary N) is 1. The summed E-state index contributed by atoms with van der Waals surface area (Å²) >= 11 is 0. The summed E-state index contributed by atoms with van der Waals surface area (Å²) in [5.41, 5.74) is 7.61. The van der Waals surface area contributed by atoms with Crippen molar-refractivity contribution in [2.24, 2.45) is 0 Å². The second-order valence-corrected chi connectivity index (χ2v) is 6.05. The molecule has 0 spiro atoms. The highest BCUT2D eigenvalue weighted by Crippen LogP contribution is 2.27. The molecule has 0 amide bonds. The first kappa shape index (κ1) is 16.5. The van der Waals surface area contributed by atoms with Gasteiger partial charge in [0.05, 0.1) is 12.7 Å². The largest absolute Gasteiger partial charge is 0.465 e. The van der Waals surface area contributed by atoms with Crippen LogP contribution in [0.3, 0.4) is 0 Å². The molecule has 2 rings (SSSR count). The first-order valence-electron chi connectivity index (χ1n) is 7.14. The molecule has 0 aliphatic carbocycles. The van der Waals surface area contributed by atoms with E-state index < -0.39 is 0 Å². The highest BCUT2D eigenvalue weighted by molar-refractivity contribution is 5.90. The van der Waals surface area contributed by atoms with Gasteiger partial charge in [-0.2, -0.15) is 0 Å². The van der Waals surface area contributed by atoms with Crippen LogP contribution in [0.4, 0.5) is 23.0 Å². The summed E-state index contributed by atoms with van der Waals surface area (Å²) in [6.45, 7) is 6.06. The third kappa shape index (κ3) is 4.32. The summed E-state index contributed by atoms with van der Waals surface area (Å²) in [5.74, 6) is 0.688. The van der Waals surface area contributed by atoms with E-state index in [0.29, 0.717) is 22.9 Å². The monoisotopic (exact) mass is 315 g/mol. The molecule has 122 valence electrons. The van der Waals surface area contributed by atoms with Crippen LogP contribution in [0, 0.1) is 0 Å². The fourth-order valence-corrected chi connectivity index (χ4v) is 1.89. The van der Waals surface area contributed by atoms with Gasteiger partial charge in [0.2, 0.25) is 0 Å². The number of carbonyl (C=O) groups is 1. The Morgan fingerprint density at radius 2 is 1.74 bits per heavy atom. The van der Waals surface area contributed by atoms with Crippen LogP contribution >= 0.6 is 0 Å². The molecule has 1 aromatic carbocycles. The Labute approximate surface area is 135 Å². The second-order valence-electron chi connectivity index (χ2n) is 6.05. The third-order valence-corrected chi connectivity index (χ3v) is 2.95. The molecule has 1 aromatic heterocycles. The first-order chi connectivity index (χ1) is 10.8. The van der Waals surface area contributed by atoms with E-state index in [4.69, 9.17) is 5.73 Å².